The van der Waals surface area contributed by atoms with Gasteiger partial charge in [-0.2, -0.15) is 0 Å². The molecule has 0 spiro atoms. The predicted molar refractivity (Wildman–Crippen MR) is 65.8 cm³/mol. The predicted octanol–water partition coefficient (Wildman–Crippen LogP) is 3.17. The number of rotatable bonds is 4. The first-order valence-corrected chi connectivity index (χ1v) is 7.04. The summed E-state index contributed by atoms with van der Waals surface area (Å²) in [6.45, 7) is 0. The number of nitrogens with one attached hydrogen (secondary N) is 1. The summed E-state index contributed by atoms with van der Waals surface area (Å²) in [6.07, 6.45) is 15.4. The highest BCUT2D eigenvalue weighted by molar-refractivity contribution is 5.48. The van der Waals surface area contributed by atoms with Gasteiger partial charge in [-0.1, -0.05) is 38.5 Å². The Morgan fingerprint density at radius 3 is 1.62 bits per heavy atom. The van der Waals surface area contributed by atoms with Crippen molar-refractivity contribution in [2.45, 2.75) is 70.3 Å². The third-order valence-corrected chi connectivity index (χ3v) is 4.54. The summed E-state index contributed by atoms with van der Waals surface area (Å²) in [4.78, 5) is 10.7. The van der Waals surface area contributed by atoms with E-state index >= 15 is 0 Å². The summed E-state index contributed by atoms with van der Waals surface area (Å²) >= 11 is 0. The molecule has 0 aromatic rings. The maximum absolute atomic E-state index is 10.7. The zero-order chi connectivity index (χ0) is 11.2. The normalized spacial score (nSPS) is 24.6. The fourth-order valence-electron chi connectivity index (χ4n) is 3.68. The fraction of sp³-hybridized carbons (Fsp3) is 0.929. The van der Waals surface area contributed by atoms with Crippen LogP contribution in [0.25, 0.3) is 0 Å². The van der Waals surface area contributed by atoms with Crippen molar-refractivity contribution in [2.24, 2.45) is 11.8 Å². The van der Waals surface area contributed by atoms with Gasteiger partial charge in [0.1, 0.15) is 0 Å². The maximum atomic E-state index is 10.7. The highest BCUT2D eigenvalue weighted by Gasteiger charge is 2.31. The molecule has 1 N–H and O–H groups in total. The van der Waals surface area contributed by atoms with Gasteiger partial charge in [0.2, 0.25) is 0 Å². The average Bonchev–Trinajstić information content (AvgIpc) is 2.38. The van der Waals surface area contributed by atoms with Crippen LogP contribution in [0, 0.1) is 11.8 Å². The van der Waals surface area contributed by atoms with Crippen molar-refractivity contribution in [2.75, 3.05) is 0 Å². The highest BCUT2D eigenvalue weighted by Crippen LogP contribution is 2.35. The fourth-order valence-corrected chi connectivity index (χ4v) is 3.68. The van der Waals surface area contributed by atoms with Crippen molar-refractivity contribution in [1.82, 2.24) is 5.32 Å². The molecule has 16 heavy (non-hydrogen) atoms. The molecule has 2 aliphatic carbocycles. The van der Waals surface area contributed by atoms with Crippen molar-refractivity contribution in [3.8, 4) is 0 Å². The molecule has 2 nitrogen and oxygen atoms in total. The lowest BCUT2D eigenvalue weighted by Crippen LogP contribution is -2.43. The van der Waals surface area contributed by atoms with Crippen LogP contribution in [0.15, 0.2) is 0 Å². The highest BCUT2D eigenvalue weighted by atomic mass is 16.1. The van der Waals surface area contributed by atoms with Crippen molar-refractivity contribution in [1.29, 1.82) is 0 Å². The van der Waals surface area contributed by atoms with E-state index in [1.165, 1.54) is 64.2 Å². The van der Waals surface area contributed by atoms with E-state index in [0.717, 1.165) is 11.8 Å². The molecule has 0 aliphatic heterocycles. The van der Waals surface area contributed by atoms with Gasteiger partial charge in [0, 0.05) is 6.04 Å². The minimum atomic E-state index is 0.429. The lowest BCUT2D eigenvalue weighted by atomic mass is 9.74. The van der Waals surface area contributed by atoms with Crippen molar-refractivity contribution in [3.63, 3.8) is 0 Å². The first kappa shape index (κ1) is 11.9. The van der Waals surface area contributed by atoms with Gasteiger partial charge in [0.25, 0.3) is 0 Å². The largest absolute Gasteiger partial charge is 0.345 e. The Morgan fingerprint density at radius 2 is 1.25 bits per heavy atom. The van der Waals surface area contributed by atoms with Gasteiger partial charge < -0.3 is 5.32 Å². The van der Waals surface area contributed by atoms with E-state index in [1.54, 1.807) is 0 Å². The van der Waals surface area contributed by atoms with E-state index in [0.29, 0.717) is 6.04 Å². The van der Waals surface area contributed by atoms with E-state index in [4.69, 9.17) is 0 Å². The Balaban J connectivity index is 1.93. The minimum absolute atomic E-state index is 0.429. The molecule has 2 rings (SSSR count). The van der Waals surface area contributed by atoms with Gasteiger partial charge in [0.15, 0.2) is 0 Å². The second kappa shape index (κ2) is 6.27. The van der Waals surface area contributed by atoms with E-state index in [1.807, 2.05) is 6.41 Å². The number of hydrogen-bond donors (Lipinski definition) is 1. The van der Waals surface area contributed by atoms with Crippen LogP contribution in [0.2, 0.25) is 0 Å². The van der Waals surface area contributed by atoms with E-state index in [-0.39, 0.29) is 0 Å². The van der Waals surface area contributed by atoms with Gasteiger partial charge in [-0.05, 0) is 37.5 Å². The number of carbonyl (C=O) groups excluding carboxylic acids is 1. The summed E-state index contributed by atoms with van der Waals surface area (Å²) < 4.78 is 0. The Morgan fingerprint density at radius 1 is 0.812 bits per heavy atom. The molecular formula is C14H24NO. The topological polar surface area (TPSA) is 29.1 Å². The van der Waals surface area contributed by atoms with E-state index in [2.05, 4.69) is 5.32 Å². The molecule has 1 radical (unpaired) electrons. The average molecular weight is 222 g/mol. The van der Waals surface area contributed by atoms with Gasteiger partial charge in [-0.15, -0.1) is 0 Å². The molecule has 1 amide bonds. The molecule has 91 valence electrons. The zero-order valence-corrected chi connectivity index (χ0v) is 10.2. The first-order chi connectivity index (χ1) is 7.92. The SMILES string of the molecule is O=[C]NC(C1CCCCC1)C1CCCCC1. The Hall–Kier alpha value is -0.530. The summed E-state index contributed by atoms with van der Waals surface area (Å²) in [7, 11) is 0. The van der Waals surface area contributed by atoms with Crippen LogP contribution >= 0.6 is 0 Å². The molecule has 0 saturated heterocycles. The zero-order valence-electron chi connectivity index (χ0n) is 10.2. The van der Waals surface area contributed by atoms with Gasteiger partial charge >= 0.3 is 6.41 Å². The molecule has 2 fully saturated rings. The summed E-state index contributed by atoms with van der Waals surface area (Å²) in [6, 6.07) is 0.429. The van der Waals surface area contributed by atoms with Crippen LogP contribution in [-0.4, -0.2) is 12.5 Å². The monoisotopic (exact) mass is 222 g/mol. The van der Waals surface area contributed by atoms with Crippen LogP contribution in [0.3, 0.4) is 0 Å². The number of hydrogen-bond acceptors (Lipinski definition) is 1. The lowest BCUT2D eigenvalue weighted by Gasteiger charge is -2.37. The summed E-state index contributed by atoms with van der Waals surface area (Å²) in [5.74, 6) is 1.47. The molecule has 0 aromatic carbocycles. The van der Waals surface area contributed by atoms with Gasteiger partial charge in [-0.25, -0.2) is 0 Å². The lowest BCUT2D eigenvalue weighted by molar-refractivity contribution is 0.188. The Kier molecular flexibility index (Phi) is 4.68. The second-order valence-electron chi connectivity index (χ2n) is 5.57. The van der Waals surface area contributed by atoms with E-state index in [9.17, 15) is 4.79 Å². The molecule has 0 atom stereocenters. The van der Waals surface area contributed by atoms with Crippen LogP contribution in [0.4, 0.5) is 0 Å². The standard InChI is InChI=1S/C14H24NO/c16-11-15-14(12-7-3-1-4-8-12)13-9-5-2-6-10-13/h12-14H,1-10H2,(H,15,16). The molecular weight excluding hydrogens is 198 g/mol. The molecule has 2 heteroatoms. The van der Waals surface area contributed by atoms with Crippen LogP contribution in [0.1, 0.15) is 64.2 Å². The Labute approximate surface area is 99.2 Å². The van der Waals surface area contributed by atoms with Gasteiger partial charge in [0.05, 0.1) is 0 Å². The van der Waals surface area contributed by atoms with Crippen LogP contribution in [-0.2, 0) is 4.79 Å². The Bertz CT molecular complexity index is 187. The quantitative estimate of drug-likeness (QED) is 0.727. The van der Waals surface area contributed by atoms with Crippen molar-refractivity contribution in [3.05, 3.63) is 0 Å². The maximum Gasteiger partial charge on any atom is 0.309 e. The van der Waals surface area contributed by atoms with Crippen molar-refractivity contribution >= 4 is 6.41 Å². The summed E-state index contributed by atoms with van der Waals surface area (Å²) in [5, 5.41) is 3.02. The van der Waals surface area contributed by atoms with Crippen LogP contribution < -0.4 is 5.32 Å². The first-order valence-electron chi connectivity index (χ1n) is 7.04. The molecule has 2 aliphatic rings. The molecule has 0 bridgehead atoms. The smallest absolute Gasteiger partial charge is 0.309 e. The van der Waals surface area contributed by atoms with E-state index < -0.39 is 0 Å². The van der Waals surface area contributed by atoms with Crippen molar-refractivity contribution < 1.29 is 4.79 Å². The second-order valence-corrected chi connectivity index (χ2v) is 5.57. The van der Waals surface area contributed by atoms with Gasteiger partial charge in [-0.3, -0.25) is 4.79 Å². The number of amides is 1. The summed E-state index contributed by atoms with van der Waals surface area (Å²) in [5.41, 5.74) is 0. The molecule has 0 unspecified atom stereocenters. The minimum Gasteiger partial charge on any atom is -0.345 e. The molecule has 0 aromatic heterocycles. The third kappa shape index (κ3) is 2.99. The molecule has 2 saturated carbocycles. The third-order valence-electron chi connectivity index (χ3n) is 4.54. The van der Waals surface area contributed by atoms with Crippen LogP contribution in [0.5, 0.6) is 0 Å². The molecule has 0 heterocycles.